The monoisotopic (exact) mass is 708 g/mol. The minimum absolute atomic E-state index is 0. The van der Waals surface area contributed by atoms with E-state index in [9.17, 15) is 0 Å². The molecule has 3 heteroatoms. The molecule has 224 valence electrons. The first kappa shape index (κ1) is 34.9. The molecule has 0 unspecified atom stereocenters. The largest absolute Gasteiger partial charge is 0.214 e. The summed E-state index contributed by atoms with van der Waals surface area (Å²) in [7, 11) is 0. The van der Waals surface area contributed by atoms with Gasteiger partial charge in [0, 0.05) is 0 Å². The van der Waals surface area contributed by atoms with Crippen LogP contribution in [0.25, 0.3) is 33.4 Å². The fourth-order valence-electron chi connectivity index (χ4n) is 5.42. The Kier molecular flexibility index (Phi) is 13.4. The molecule has 0 heterocycles. The van der Waals surface area contributed by atoms with Crippen molar-refractivity contribution in [1.82, 2.24) is 0 Å². The Morgan fingerprint density at radius 3 is 1.52 bits per heavy atom. The number of benzene rings is 6. The standard InChI is InChI=1S/C25H17.C13H10.C5H5.2ClH.Zr/c1-3-7-18(8-4-1)20-11-13-24-22(15-20)17-23-16-21(12-14-25(23)24)19-9-5-2-6-10-19;1-3-7-12(8-4-1)11-13-9-5-2-6-10-13;1-2-4-5-3-1;;;/h1-15H,17H2;1-10H;1-5H;2*1H;/q-1;;-1;;;+2/p-2. The van der Waals surface area contributed by atoms with E-state index >= 15 is 0 Å². The summed E-state index contributed by atoms with van der Waals surface area (Å²) >= 11 is 1.46. The molecule has 0 aromatic heterocycles. The Hall–Kier alpha value is -4.00. The van der Waals surface area contributed by atoms with Crippen molar-refractivity contribution in [3.05, 3.63) is 210 Å². The molecule has 8 rings (SSSR count). The van der Waals surface area contributed by atoms with Crippen molar-refractivity contribution in [3.8, 4) is 33.4 Å². The molecule has 0 aliphatic heterocycles. The molecule has 0 bridgehead atoms. The second kappa shape index (κ2) is 17.6. The summed E-state index contributed by atoms with van der Waals surface area (Å²) in [6.07, 6.45) is 0.964. The fourth-order valence-corrected chi connectivity index (χ4v) is 6.24. The van der Waals surface area contributed by atoms with Gasteiger partial charge < -0.3 is 24.8 Å². The van der Waals surface area contributed by atoms with E-state index in [1.165, 1.54) is 83.1 Å². The molecule has 0 spiro atoms. The van der Waals surface area contributed by atoms with E-state index in [0.29, 0.717) is 0 Å². The van der Waals surface area contributed by atoms with Crippen LogP contribution in [-0.2, 0) is 30.7 Å². The predicted molar refractivity (Wildman–Crippen MR) is 183 cm³/mol. The van der Waals surface area contributed by atoms with Crippen molar-refractivity contribution < 1.29 is 49.0 Å². The summed E-state index contributed by atoms with van der Waals surface area (Å²) in [5.41, 5.74) is 13.0. The van der Waals surface area contributed by atoms with Crippen LogP contribution in [0, 0.1) is 6.07 Å². The van der Waals surface area contributed by atoms with Gasteiger partial charge in [0.25, 0.3) is 0 Å². The van der Waals surface area contributed by atoms with E-state index in [1.54, 1.807) is 0 Å². The van der Waals surface area contributed by atoms with E-state index in [1.807, 2.05) is 30.3 Å². The van der Waals surface area contributed by atoms with Gasteiger partial charge in [-0.2, -0.15) is 18.2 Å². The summed E-state index contributed by atoms with van der Waals surface area (Å²) in [6, 6.07) is 67.1. The van der Waals surface area contributed by atoms with Crippen LogP contribution in [0.4, 0.5) is 0 Å². The normalized spacial score (nSPS) is 10.3. The molecular weight excluding hydrogens is 679 g/mol. The minimum Gasteiger partial charge on any atom is -0.214 e. The molecule has 0 saturated heterocycles. The van der Waals surface area contributed by atoms with Crippen LogP contribution in [0.15, 0.2) is 182 Å². The molecule has 46 heavy (non-hydrogen) atoms. The van der Waals surface area contributed by atoms with Crippen LogP contribution in [0.3, 0.4) is 0 Å². The first-order valence-electron chi connectivity index (χ1n) is 14.9. The maximum absolute atomic E-state index is 3.65. The summed E-state index contributed by atoms with van der Waals surface area (Å²) in [6.45, 7) is 0. The Bertz CT molecular complexity index is 1770. The Morgan fingerprint density at radius 2 is 1.00 bits per heavy atom. The Balaban J connectivity index is 0.000000193. The topological polar surface area (TPSA) is 0 Å². The first-order valence-corrected chi connectivity index (χ1v) is 16.1. The average Bonchev–Trinajstić information content (AvgIpc) is 3.81. The second-order valence-electron chi connectivity index (χ2n) is 10.6. The molecule has 1 aliphatic carbocycles. The molecule has 7 aromatic carbocycles. The average molecular weight is 711 g/mol. The second-order valence-corrected chi connectivity index (χ2v) is 11.8. The first-order chi connectivity index (χ1) is 21.8. The summed E-state index contributed by atoms with van der Waals surface area (Å²) < 4.78 is 1.42. The van der Waals surface area contributed by atoms with Gasteiger partial charge in [0.15, 0.2) is 0 Å². The molecule has 0 saturated carbocycles. The van der Waals surface area contributed by atoms with Crippen molar-refractivity contribution >= 4 is 3.21 Å². The number of rotatable bonds is 4. The number of hydrogen-bond acceptors (Lipinski definition) is 0. The van der Waals surface area contributed by atoms with Crippen LogP contribution in [0.5, 0.6) is 0 Å². The van der Waals surface area contributed by atoms with Crippen molar-refractivity contribution in [3.63, 3.8) is 0 Å². The quantitative estimate of drug-likeness (QED) is 0.235. The van der Waals surface area contributed by atoms with Crippen LogP contribution in [0.2, 0.25) is 0 Å². The van der Waals surface area contributed by atoms with E-state index in [0.717, 1.165) is 6.42 Å². The zero-order valence-electron chi connectivity index (χ0n) is 25.3. The van der Waals surface area contributed by atoms with Gasteiger partial charge in [-0.3, -0.25) is 0 Å². The molecule has 1 aliphatic rings. The van der Waals surface area contributed by atoms with Gasteiger partial charge in [-0.1, -0.05) is 95.6 Å². The zero-order chi connectivity index (χ0) is 30.0. The maximum Gasteiger partial charge on any atom is -0.0181 e. The number of halogens is 2. The van der Waals surface area contributed by atoms with Gasteiger partial charge in [-0.05, 0) is 23.1 Å². The molecule has 7 aromatic rings. The predicted octanol–water partition coefficient (Wildman–Crippen LogP) is 4.61. The number of fused-ring (bicyclic) bond motifs is 3. The third kappa shape index (κ3) is 8.83. The van der Waals surface area contributed by atoms with E-state index in [4.69, 9.17) is 0 Å². The summed E-state index contributed by atoms with van der Waals surface area (Å²) in [5.74, 6) is 0. The van der Waals surface area contributed by atoms with E-state index in [2.05, 4.69) is 158 Å². The zero-order valence-corrected chi connectivity index (χ0v) is 29.3. The SMILES string of the molecule is [Cl-].[Cl-].[Zr+2]=[C](c1ccccc1)c1ccccc1.[c-]1c(-c2ccccc2)ccc2c1Cc1cc(-c3ccccc3)ccc1-2.c1cc[cH-]c1. The van der Waals surface area contributed by atoms with Crippen LogP contribution in [-0.4, -0.2) is 3.21 Å². The molecule has 0 amide bonds. The summed E-state index contributed by atoms with van der Waals surface area (Å²) in [4.78, 5) is 0. The molecule has 0 atom stereocenters. The fraction of sp³-hybridized carbons (Fsp3) is 0.0233. The molecule has 0 radical (unpaired) electrons. The van der Waals surface area contributed by atoms with Crippen LogP contribution < -0.4 is 24.8 Å². The van der Waals surface area contributed by atoms with Gasteiger partial charge in [0.1, 0.15) is 0 Å². The van der Waals surface area contributed by atoms with Gasteiger partial charge in [-0.25, -0.2) is 12.1 Å². The molecule has 0 N–H and O–H groups in total. The Labute approximate surface area is 300 Å². The molecular formula is C43H32Cl2Zr-2. The molecule has 0 nitrogen and oxygen atoms in total. The van der Waals surface area contributed by atoms with Gasteiger partial charge >= 0.3 is 99.2 Å². The van der Waals surface area contributed by atoms with Crippen molar-refractivity contribution in [2.45, 2.75) is 6.42 Å². The molecule has 0 fully saturated rings. The van der Waals surface area contributed by atoms with Crippen molar-refractivity contribution in [1.29, 1.82) is 0 Å². The maximum atomic E-state index is 3.65. The smallest absolute Gasteiger partial charge is 0.0181 e. The summed E-state index contributed by atoms with van der Waals surface area (Å²) in [5, 5.41) is 0. The third-order valence-corrected chi connectivity index (χ3v) is 9.08. The number of hydrogen-bond donors (Lipinski definition) is 0. The minimum atomic E-state index is 0. The van der Waals surface area contributed by atoms with Crippen molar-refractivity contribution in [2.24, 2.45) is 0 Å². The van der Waals surface area contributed by atoms with Gasteiger partial charge in [0.2, 0.25) is 0 Å². The van der Waals surface area contributed by atoms with E-state index < -0.39 is 0 Å². The van der Waals surface area contributed by atoms with Gasteiger partial charge in [0.05, 0.1) is 0 Å². The van der Waals surface area contributed by atoms with Crippen molar-refractivity contribution in [2.75, 3.05) is 0 Å². The van der Waals surface area contributed by atoms with E-state index in [-0.39, 0.29) is 24.8 Å². The van der Waals surface area contributed by atoms with Crippen LogP contribution >= 0.6 is 0 Å². The third-order valence-electron chi connectivity index (χ3n) is 7.66. The van der Waals surface area contributed by atoms with Gasteiger partial charge in [-0.15, -0.1) is 29.3 Å². The Morgan fingerprint density at radius 1 is 0.500 bits per heavy atom. The van der Waals surface area contributed by atoms with Crippen LogP contribution in [0.1, 0.15) is 22.3 Å².